The van der Waals surface area contributed by atoms with Gasteiger partial charge in [-0.1, -0.05) is 26.5 Å². The van der Waals surface area contributed by atoms with E-state index in [4.69, 9.17) is 10.5 Å². The Labute approximate surface area is 91.1 Å². The number of esters is 1. The number of aliphatic hydroxyl groups excluding tert-OH is 1. The zero-order chi connectivity index (χ0) is 11.8. The van der Waals surface area contributed by atoms with Crippen LogP contribution in [0, 0.1) is 5.92 Å². The van der Waals surface area contributed by atoms with Crippen molar-refractivity contribution in [2.45, 2.75) is 38.8 Å². The van der Waals surface area contributed by atoms with Gasteiger partial charge in [-0.15, -0.1) is 0 Å². The van der Waals surface area contributed by atoms with E-state index in [1.807, 2.05) is 13.8 Å². The van der Waals surface area contributed by atoms with Crippen LogP contribution in [-0.4, -0.2) is 29.8 Å². The smallest absolute Gasteiger partial charge is 0.308 e. The van der Waals surface area contributed by atoms with Crippen LogP contribution in [0.4, 0.5) is 0 Å². The van der Waals surface area contributed by atoms with Crippen molar-refractivity contribution in [2.24, 2.45) is 11.7 Å². The molecule has 2 unspecified atom stereocenters. The fraction of sp³-hybridized carbons (Fsp3) is 0.727. The van der Waals surface area contributed by atoms with E-state index in [0.717, 1.165) is 0 Å². The first kappa shape index (κ1) is 14.1. The lowest BCUT2D eigenvalue weighted by atomic mass is 9.98. The molecule has 0 saturated carbocycles. The van der Waals surface area contributed by atoms with Gasteiger partial charge in [-0.3, -0.25) is 4.79 Å². The predicted octanol–water partition coefficient (Wildman–Crippen LogP) is 0.840. The highest BCUT2D eigenvalue weighted by Crippen LogP contribution is 2.09. The number of aliphatic hydroxyl groups is 1. The van der Waals surface area contributed by atoms with Crippen LogP contribution in [0.1, 0.15) is 26.7 Å². The molecule has 0 heterocycles. The van der Waals surface area contributed by atoms with Crippen LogP contribution >= 0.6 is 0 Å². The van der Waals surface area contributed by atoms with Crippen LogP contribution in [0.3, 0.4) is 0 Å². The zero-order valence-electron chi connectivity index (χ0n) is 9.48. The molecule has 0 aromatic heterocycles. The van der Waals surface area contributed by atoms with Crippen molar-refractivity contribution in [1.29, 1.82) is 0 Å². The summed E-state index contributed by atoms with van der Waals surface area (Å²) in [6.45, 7) is 7.63. The molecule has 0 aliphatic rings. The average Bonchev–Trinajstić information content (AvgIpc) is 2.13. The third-order valence-corrected chi connectivity index (χ3v) is 1.98. The Hall–Kier alpha value is -0.870. The Morgan fingerprint density at radius 1 is 1.60 bits per heavy atom. The minimum absolute atomic E-state index is 0.0538. The number of hydrogen-bond donors (Lipinski definition) is 2. The van der Waals surface area contributed by atoms with Crippen LogP contribution in [0.2, 0.25) is 0 Å². The summed E-state index contributed by atoms with van der Waals surface area (Å²) in [4.78, 5) is 11.1. The van der Waals surface area contributed by atoms with Crippen LogP contribution in [0.25, 0.3) is 0 Å². The minimum atomic E-state index is -0.829. The van der Waals surface area contributed by atoms with Crippen molar-refractivity contribution in [1.82, 2.24) is 0 Å². The molecule has 0 fully saturated rings. The molecule has 0 aromatic carbocycles. The molecule has 88 valence electrons. The third-order valence-electron chi connectivity index (χ3n) is 1.98. The van der Waals surface area contributed by atoms with E-state index in [1.165, 1.54) is 6.08 Å². The van der Waals surface area contributed by atoms with Crippen molar-refractivity contribution in [2.75, 3.05) is 6.61 Å². The van der Waals surface area contributed by atoms with Crippen LogP contribution in [-0.2, 0) is 9.53 Å². The van der Waals surface area contributed by atoms with Gasteiger partial charge >= 0.3 is 5.97 Å². The van der Waals surface area contributed by atoms with E-state index >= 15 is 0 Å². The molecule has 0 radical (unpaired) electrons. The van der Waals surface area contributed by atoms with Crippen molar-refractivity contribution in [3.63, 3.8) is 0 Å². The second-order valence-corrected chi connectivity index (χ2v) is 4.04. The molecule has 15 heavy (non-hydrogen) atoms. The summed E-state index contributed by atoms with van der Waals surface area (Å²) < 4.78 is 4.74. The number of ether oxygens (including phenoxy) is 1. The third kappa shape index (κ3) is 7.11. The van der Waals surface area contributed by atoms with Crippen molar-refractivity contribution in [3.8, 4) is 0 Å². The molecule has 0 rings (SSSR count). The maximum absolute atomic E-state index is 11.1. The first-order chi connectivity index (χ1) is 6.97. The van der Waals surface area contributed by atoms with Gasteiger partial charge in [0, 0.05) is 6.04 Å². The fourth-order valence-electron chi connectivity index (χ4n) is 1.23. The zero-order valence-corrected chi connectivity index (χ0v) is 9.48. The molecule has 0 aliphatic heterocycles. The van der Waals surface area contributed by atoms with Gasteiger partial charge in [0.05, 0.1) is 12.5 Å². The molecule has 0 aliphatic carbocycles. The number of hydrogen-bond acceptors (Lipinski definition) is 4. The summed E-state index contributed by atoms with van der Waals surface area (Å²) in [6, 6.07) is -0.374. The van der Waals surface area contributed by atoms with Gasteiger partial charge in [0.15, 0.2) is 0 Å². The normalized spacial score (nSPS) is 14.7. The highest BCUT2D eigenvalue weighted by molar-refractivity contribution is 5.70. The lowest BCUT2D eigenvalue weighted by Gasteiger charge is -2.19. The van der Waals surface area contributed by atoms with E-state index in [9.17, 15) is 9.90 Å². The molecule has 0 aromatic rings. The summed E-state index contributed by atoms with van der Waals surface area (Å²) in [5, 5.41) is 9.58. The second kappa shape index (κ2) is 7.43. The molecular weight excluding hydrogens is 194 g/mol. The van der Waals surface area contributed by atoms with Crippen LogP contribution in [0.15, 0.2) is 12.7 Å². The highest BCUT2D eigenvalue weighted by atomic mass is 16.5. The summed E-state index contributed by atoms with van der Waals surface area (Å²) in [7, 11) is 0. The second-order valence-electron chi connectivity index (χ2n) is 4.04. The van der Waals surface area contributed by atoms with Gasteiger partial charge in [0.1, 0.15) is 6.61 Å². The summed E-state index contributed by atoms with van der Waals surface area (Å²) in [6.07, 6.45) is 1.29. The SMILES string of the molecule is C=CCOC(=O)CC(O)C(N)CC(C)C. The van der Waals surface area contributed by atoms with E-state index in [-0.39, 0.29) is 19.1 Å². The summed E-state index contributed by atoms with van der Waals surface area (Å²) in [5.74, 6) is -0.0412. The minimum Gasteiger partial charge on any atom is -0.461 e. The van der Waals surface area contributed by atoms with E-state index in [0.29, 0.717) is 12.3 Å². The number of rotatable bonds is 7. The Morgan fingerprint density at radius 2 is 2.20 bits per heavy atom. The molecule has 4 nitrogen and oxygen atoms in total. The average molecular weight is 215 g/mol. The molecule has 0 spiro atoms. The topological polar surface area (TPSA) is 72.5 Å². The fourth-order valence-corrected chi connectivity index (χ4v) is 1.23. The van der Waals surface area contributed by atoms with Crippen molar-refractivity contribution in [3.05, 3.63) is 12.7 Å². The van der Waals surface area contributed by atoms with E-state index in [2.05, 4.69) is 6.58 Å². The van der Waals surface area contributed by atoms with Gasteiger partial charge < -0.3 is 15.6 Å². The van der Waals surface area contributed by atoms with Gasteiger partial charge in [0.2, 0.25) is 0 Å². The molecule has 0 saturated heterocycles. The summed E-state index contributed by atoms with van der Waals surface area (Å²) >= 11 is 0. The van der Waals surface area contributed by atoms with Gasteiger partial charge in [0.25, 0.3) is 0 Å². The highest BCUT2D eigenvalue weighted by Gasteiger charge is 2.19. The van der Waals surface area contributed by atoms with Crippen molar-refractivity contribution >= 4 is 5.97 Å². The summed E-state index contributed by atoms with van der Waals surface area (Å²) in [5.41, 5.74) is 5.72. The molecular formula is C11H21NO3. The Bertz CT molecular complexity index is 204. The van der Waals surface area contributed by atoms with Gasteiger partial charge in [-0.2, -0.15) is 0 Å². The quantitative estimate of drug-likeness (QED) is 0.487. The molecule has 0 amide bonds. The molecule has 4 heteroatoms. The maximum atomic E-state index is 11.1. The Balaban J connectivity index is 3.84. The van der Waals surface area contributed by atoms with Crippen LogP contribution in [0.5, 0.6) is 0 Å². The Morgan fingerprint density at radius 3 is 2.67 bits per heavy atom. The predicted molar refractivity (Wildman–Crippen MR) is 59.2 cm³/mol. The van der Waals surface area contributed by atoms with Gasteiger partial charge in [-0.05, 0) is 12.3 Å². The molecule has 3 N–H and O–H groups in total. The van der Waals surface area contributed by atoms with E-state index < -0.39 is 12.1 Å². The Kier molecular flexibility index (Phi) is 6.99. The van der Waals surface area contributed by atoms with Crippen molar-refractivity contribution < 1.29 is 14.6 Å². The number of carbonyl (C=O) groups excluding carboxylic acids is 1. The number of carbonyl (C=O) groups is 1. The lowest BCUT2D eigenvalue weighted by molar-refractivity contribution is -0.144. The number of nitrogens with two attached hydrogens (primary N) is 1. The van der Waals surface area contributed by atoms with Crippen LogP contribution < -0.4 is 5.73 Å². The first-order valence-electron chi connectivity index (χ1n) is 5.17. The first-order valence-corrected chi connectivity index (χ1v) is 5.17. The molecule has 0 bridgehead atoms. The lowest BCUT2D eigenvalue weighted by Crippen LogP contribution is -2.37. The maximum Gasteiger partial charge on any atom is 0.308 e. The monoisotopic (exact) mass is 215 g/mol. The largest absolute Gasteiger partial charge is 0.461 e. The van der Waals surface area contributed by atoms with Gasteiger partial charge in [-0.25, -0.2) is 0 Å². The molecule has 2 atom stereocenters. The standard InChI is InChI=1S/C11H21NO3/c1-4-5-15-11(14)7-10(13)9(12)6-8(2)3/h4,8-10,13H,1,5-7,12H2,2-3H3. The van der Waals surface area contributed by atoms with E-state index in [1.54, 1.807) is 0 Å².